The standard InChI is InChI=1S/C12H17NO6S/c1-19-10-4-2-3-9(7-10)5-6-20(17,18)13-11(8-14)12(15)16/h2-4,7,11,13-14H,5-6,8H2,1H3,(H,15,16)/t11-/m1/s1. The quantitative estimate of drug-likeness (QED) is 0.602. The van der Waals surface area contributed by atoms with Crippen LogP contribution in [0, 0.1) is 0 Å². The Labute approximate surface area is 117 Å². The number of benzene rings is 1. The molecule has 0 heterocycles. The van der Waals surface area contributed by atoms with Crippen LogP contribution in [-0.4, -0.2) is 50.1 Å². The summed E-state index contributed by atoms with van der Waals surface area (Å²) in [6.45, 7) is -0.798. The number of rotatable bonds is 8. The number of methoxy groups -OCH3 is 1. The van der Waals surface area contributed by atoms with Gasteiger partial charge in [0, 0.05) is 0 Å². The van der Waals surface area contributed by atoms with Crippen LogP contribution in [0.25, 0.3) is 0 Å². The Bertz CT molecular complexity index is 557. The smallest absolute Gasteiger partial charge is 0.324 e. The molecule has 112 valence electrons. The lowest BCUT2D eigenvalue weighted by Gasteiger charge is -2.12. The lowest BCUT2D eigenvalue weighted by atomic mass is 10.2. The second kappa shape index (κ2) is 7.22. The van der Waals surface area contributed by atoms with E-state index >= 15 is 0 Å². The van der Waals surface area contributed by atoms with E-state index in [1.807, 2.05) is 4.72 Å². The predicted octanol–water partition coefficient (Wildman–Crippen LogP) is -0.397. The first-order valence-corrected chi connectivity index (χ1v) is 7.50. The Morgan fingerprint density at radius 1 is 1.45 bits per heavy atom. The van der Waals surface area contributed by atoms with Crippen LogP contribution in [0.2, 0.25) is 0 Å². The summed E-state index contributed by atoms with van der Waals surface area (Å²) >= 11 is 0. The van der Waals surface area contributed by atoms with Crippen molar-refractivity contribution in [3.8, 4) is 5.75 Å². The molecule has 0 bridgehead atoms. The number of carboxylic acids is 1. The van der Waals surface area contributed by atoms with Crippen molar-refractivity contribution in [3.63, 3.8) is 0 Å². The summed E-state index contributed by atoms with van der Waals surface area (Å²) in [6.07, 6.45) is 0.213. The number of ether oxygens (including phenoxy) is 1. The SMILES string of the molecule is COc1cccc(CCS(=O)(=O)N[C@H](CO)C(=O)O)c1. The van der Waals surface area contributed by atoms with Crippen LogP contribution >= 0.6 is 0 Å². The Kier molecular flexibility index (Phi) is 5.93. The molecule has 0 aliphatic heterocycles. The molecule has 1 aromatic rings. The first-order valence-electron chi connectivity index (χ1n) is 5.84. The van der Waals surface area contributed by atoms with Gasteiger partial charge in [0.25, 0.3) is 0 Å². The zero-order chi connectivity index (χ0) is 15.2. The molecule has 0 aromatic heterocycles. The average Bonchev–Trinajstić information content (AvgIpc) is 2.42. The van der Waals surface area contributed by atoms with E-state index in [1.165, 1.54) is 7.11 Å². The van der Waals surface area contributed by atoms with E-state index in [0.717, 1.165) is 5.56 Å². The minimum Gasteiger partial charge on any atom is -0.497 e. The second-order valence-corrected chi connectivity index (χ2v) is 5.99. The third-order valence-corrected chi connectivity index (χ3v) is 3.98. The Morgan fingerprint density at radius 2 is 2.15 bits per heavy atom. The lowest BCUT2D eigenvalue weighted by molar-refractivity contribution is -0.139. The topological polar surface area (TPSA) is 113 Å². The summed E-state index contributed by atoms with van der Waals surface area (Å²) in [7, 11) is -2.28. The highest BCUT2D eigenvalue weighted by molar-refractivity contribution is 7.89. The highest BCUT2D eigenvalue weighted by Gasteiger charge is 2.22. The van der Waals surface area contributed by atoms with E-state index in [9.17, 15) is 13.2 Å². The highest BCUT2D eigenvalue weighted by atomic mass is 32.2. The summed E-state index contributed by atoms with van der Waals surface area (Å²) in [4.78, 5) is 10.7. The molecule has 0 saturated heterocycles. The van der Waals surface area contributed by atoms with E-state index in [0.29, 0.717) is 5.75 Å². The first-order chi connectivity index (χ1) is 9.38. The number of carbonyl (C=O) groups is 1. The number of hydrogen-bond donors (Lipinski definition) is 3. The number of hydrogen-bond acceptors (Lipinski definition) is 5. The minimum atomic E-state index is -3.79. The van der Waals surface area contributed by atoms with Gasteiger partial charge in [-0.25, -0.2) is 8.42 Å². The summed E-state index contributed by atoms with van der Waals surface area (Å²) in [5.41, 5.74) is 0.755. The van der Waals surface area contributed by atoms with Gasteiger partial charge in [-0.2, -0.15) is 4.72 Å². The van der Waals surface area contributed by atoms with Gasteiger partial charge >= 0.3 is 5.97 Å². The van der Waals surface area contributed by atoms with Gasteiger partial charge in [-0.1, -0.05) is 12.1 Å². The van der Waals surface area contributed by atoms with E-state index in [2.05, 4.69) is 0 Å². The average molecular weight is 303 g/mol. The van der Waals surface area contributed by atoms with E-state index in [-0.39, 0.29) is 12.2 Å². The molecule has 0 radical (unpaired) electrons. The van der Waals surface area contributed by atoms with E-state index in [1.54, 1.807) is 24.3 Å². The normalized spacial score (nSPS) is 12.9. The van der Waals surface area contributed by atoms with Crippen molar-refractivity contribution in [1.29, 1.82) is 0 Å². The van der Waals surface area contributed by atoms with Gasteiger partial charge in [0.05, 0.1) is 19.5 Å². The molecule has 0 unspecified atom stereocenters. The molecule has 3 N–H and O–H groups in total. The van der Waals surface area contributed by atoms with Crippen molar-refractivity contribution in [1.82, 2.24) is 4.72 Å². The molecule has 0 saturated carbocycles. The van der Waals surface area contributed by atoms with Crippen molar-refractivity contribution in [3.05, 3.63) is 29.8 Å². The fourth-order valence-corrected chi connectivity index (χ4v) is 2.75. The maximum Gasteiger partial charge on any atom is 0.324 e. The predicted molar refractivity (Wildman–Crippen MR) is 72.1 cm³/mol. The van der Waals surface area contributed by atoms with Gasteiger partial charge in [0.15, 0.2) is 0 Å². The molecule has 20 heavy (non-hydrogen) atoms. The van der Waals surface area contributed by atoms with Gasteiger partial charge in [0.1, 0.15) is 11.8 Å². The number of aryl methyl sites for hydroxylation is 1. The molecule has 1 atom stereocenters. The first kappa shape index (κ1) is 16.4. The third-order valence-electron chi connectivity index (χ3n) is 2.60. The zero-order valence-corrected chi connectivity index (χ0v) is 11.8. The molecule has 1 rings (SSSR count). The second-order valence-electron chi connectivity index (χ2n) is 4.11. The van der Waals surface area contributed by atoms with Gasteiger partial charge in [-0.05, 0) is 24.1 Å². The van der Waals surface area contributed by atoms with Crippen LogP contribution in [-0.2, 0) is 21.2 Å². The fourth-order valence-electron chi connectivity index (χ4n) is 1.52. The van der Waals surface area contributed by atoms with Crippen LogP contribution in [0.4, 0.5) is 0 Å². The molecule has 0 amide bonds. The van der Waals surface area contributed by atoms with Crippen molar-refractivity contribution in [2.75, 3.05) is 19.5 Å². The number of aliphatic hydroxyl groups excluding tert-OH is 1. The molecule has 0 aliphatic rings. The number of sulfonamides is 1. The van der Waals surface area contributed by atoms with E-state index < -0.39 is 28.6 Å². The Morgan fingerprint density at radius 3 is 2.70 bits per heavy atom. The maximum atomic E-state index is 11.7. The third kappa shape index (κ3) is 5.16. The summed E-state index contributed by atoms with van der Waals surface area (Å²) in [5.74, 6) is -1.08. The van der Waals surface area contributed by atoms with Crippen molar-refractivity contribution in [2.24, 2.45) is 0 Å². The molecule has 8 heteroatoms. The molecular formula is C12H17NO6S. The maximum absolute atomic E-state index is 11.7. The van der Waals surface area contributed by atoms with Crippen molar-refractivity contribution in [2.45, 2.75) is 12.5 Å². The molecule has 1 aromatic carbocycles. The molecule has 0 aliphatic carbocycles. The molecule has 0 fully saturated rings. The largest absolute Gasteiger partial charge is 0.497 e. The molecule has 0 spiro atoms. The van der Waals surface area contributed by atoms with Gasteiger partial charge in [0.2, 0.25) is 10.0 Å². The lowest BCUT2D eigenvalue weighted by Crippen LogP contribution is -2.44. The van der Waals surface area contributed by atoms with Gasteiger partial charge < -0.3 is 14.9 Å². The fraction of sp³-hybridized carbons (Fsp3) is 0.417. The van der Waals surface area contributed by atoms with Crippen molar-refractivity contribution < 1.29 is 28.2 Å². The molecule has 7 nitrogen and oxygen atoms in total. The van der Waals surface area contributed by atoms with Crippen LogP contribution < -0.4 is 9.46 Å². The van der Waals surface area contributed by atoms with Crippen LogP contribution in [0.3, 0.4) is 0 Å². The Balaban J connectivity index is 2.65. The molecular weight excluding hydrogens is 286 g/mol. The minimum absolute atomic E-state index is 0.213. The Hall–Kier alpha value is -1.64. The van der Waals surface area contributed by atoms with Crippen LogP contribution in [0.1, 0.15) is 5.56 Å². The van der Waals surface area contributed by atoms with Gasteiger partial charge in [-0.3, -0.25) is 4.79 Å². The highest BCUT2D eigenvalue weighted by Crippen LogP contribution is 2.13. The summed E-state index contributed by atoms with van der Waals surface area (Å²) in [5, 5.41) is 17.5. The van der Waals surface area contributed by atoms with Crippen LogP contribution in [0.5, 0.6) is 5.75 Å². The van der Waals surface area contributed by atoms with Crippen molar-refractivity contribution >= 4 is 16.0 Å². The summed E-state index contributed by atoms with van der Waals surface area (Å²) in [6, 6.07) is 5.41. The van der Waals surface area contributed by atoms with Crippen LogP contribution in [0.15, 0.2) is 24.3 Å². The van der Waals surface area contributed by atoms with Gasteiger partial charge in [-0.15, -0.1) is 0 Å². The zero-order valence-electron chi connectivity index (χ0n) is 10.9. The monoisotopic (exact) mass is 303 g/mol. The number of aliphatic hydroxyl groups is 1. The number of nitrogens with one attached hydrogen (secondary N) is 1. The number of carboxylic acid groups (broad SMARTS) is 1. The summed E-state index contributed by atoms with van der Waals surface area (Å²) < 4.78 is 30.4. The van der Waals surface area contributed by atoms with E-state index in [4.69, 9.17) is 14.9 Å². The number of aliphatic carboxylic acids is 1.